The lowest BCUT2D eigenvalue weighted by Crippen LogP contribution is -2.43. The lowest BCUT2D eigenvalue weighted by atomic mass is 9.74. The van der Waals surface area contributed by atoms with Crippen LogP contribution in [0.5, 0.6) is 0 Å². The van der Waals surface area contributed by atoms with Crippen molar-refractivity contribution >= 4 is 23.2 Å². The highest BCUT2D eigenvalue weighted by atomic mass is 35.5. The second kappa shape index (κ2) is 6.47. The SMILES string of the molecule is CCC1(C(Cc2cccc(Cl)c2Cl)NC)CCCC1. The summed E-state index contributed by atoms with van der Waals surface area (Å²) in [5.74, 6) is 0. The maximum atomic E-state index is 6.33. The Morgan fingerprint density at radius 3 is 2.53 bits per heavy atom. The number of benzene rings is 1. The maximum Gasteiger partial charge on any atom is 0.0624 e. The summed E-state index contributed by atoms with van der Waals surface area (Å²) >= 11 is 12.4. The Balaban J connectivity index is 2.21. The molecule has 1 N–H and O–H groups in total. The van der Waals surface area contributed by atoms with Gasteiger partial charge in [0.25, 0.3) is 0 Å². The van der Waals surface area contributed by atoms with Crippen LogP contribution in [0.25, 0.3) is 0 Å². The third-order valence-corrected chi connectivity index (χ3v) is 5.70. The number of hydrogen-bond acceptors (Lipinski definition) is 1. The van der Waals surface area contributed by atoms with E-state index in [0.717, 1.165) is 12.0 Å². The topological polar surface area (TPSA) is 12.0 Å². The highest BCUT2D eigenvalue weighted by Gasteiger charge is 2.39. The van der Waals surface area contributed by atoms with Gasteiger partial charge in [0.15, 0.2) is 0 Å². The van der Waals surface area contributed by atoms with E-state index in [1.807, 2.05) is 12.1 Å². The van der Waals surface area contributed by atoms with Crippen molar-refractivity contribution in [2.45, 2.75) is 51.5 Å². The zero-order valence-corrected chi connectivity index (χ0v) is 13.3. The maximum absolute atomic E-state index is 6.33. The first-order valence-electron chi connectivity index (χ1n) is 7.23. The minimum absolute atomic E-state index is 0.431. The van der Waals surface area contributed by atoms with Gasteiger partial charge in [-0.1, -0.05) is 55.1 Å². The molecule has 0 aliphatic heterocycles. The van der Waals surface area contributed by atoms with Crippen molar-refractivity contribution in [2.75, 3.05) is 7.05 Å². The third-order valence-electron chi connectivity index (χ3n) is 4.85. The molecule has 0 heterocycles. The van der Waals surface area contributed by atoms with Gasteiger partial charge < -0.3 is 5.32 Å². The lowest BCUT2D eigenvalue weighted by Gasteiger charge is -2.37. The highest BCUT2D eigenvalue weighted by Crippen LogP contribution is 2.45. The van der Waals surface area contributed by atoms with Gasteiger partial charge in [0.05, 0.1) is 10.0 Å². The Bertz CT molecular complexity index is 425. The van der Waals surface area contributed by atoms with Crippen LogP contribution in [0.3, 0.4) is 0 Å². The molecule has 3 heteroatoms. The normalized spacial score (nSPS) is 19.6. The number of rotatable bonds is 5. The molecule has 2 rings (SSSR count). The molecule has 0 aromatic heterocycles. The molecule has 1 aromatic rings. The van der Waals surface area contributed by atoms with Crippen LogP contribution in [0.2, 0.25) is 10.0 Å². The molecule has 1 unspecified atom stereocenters. The fraction of sp³-hybridized carbons (Fsp3) is 0.625. The summed E-state index contributed by atoms with van der Waals surface area (Å²) in [6.07, 6.45) is 7.56. The summed E-state index contributed by atoms with van der Waals surface area (Å²) in [7, 11) is 2.07. The van der Waals surface area contributed by atoms with Crippen LogP contribution in [-0.4, -0.2) is 13.1 Å². The van der Waals surface area contributed by atoms with Gasteiger partial charge in [0.1, 0.15) is 0 Å². The van der Waals surface area contributed by atoms with Crippen LogP contribution in [-0.2, 0) is 6.42 Å². The Morgan fingerprint density at radius 1 is 1.26 bits per heavy atom. The predicted octanol–water partition coefficient (Wildman–Crippen LogP) is 5.09. The zero-order valence-electron chi connectivity index (χ0n) is 11.8. The lowest BCUT2D eigenvalue weighted by molar-refractivity contribution is 0.192. The summed E-state index contributed by atoms with van der Waals surface area (Å²) in [6.45, 7) is 2.31. The summed E-state index contributed by atoms with van der Waals surface area (Å²) in [5.41, 5.74) is 1.59. The van der Waals surface area contributed by atoms with Crippen LogP contribution < -0.4 is 5.32 Å². The Morgan fingerprint density at radius 2 is 1.95 bits per heavy atom. The van der Waals surface area contributed by atoms with E-state index in [1.165, 1.54) is 32.1 Å². The Hall–Kier alpha value is -0.240. The molecule has 1 nitrogen and oxygen atoms in total. The molecule has 1 aliphatic rings. The Labute approximate surface area is 126 Å². The number of hydrogen-bond donors (Lipinski definition) is 1. The fourth-order valence-corrected chi connectivity index (χ4v) is 3.98. The van der Waals surface area contributed by atoms with Crippen molar-refractivity contribution in [1.82, 2.24) is 5.32 Å². The second-order valence-corrected chi connectivity index (χ2v) is 6.47. The van der Waals surface area contributed by atoms with E-state index < -0.39 is 0 Å². The van der Waals surface area contributed by atoms with Crippen molar-refractivity contribution in [1.29, 1.82) is 0 Å². The molecule has 19 heavy (non-hydrogen) atoms. The minimum Gasteiger partial charge on any atom is -0.316 e. The molecule has 1 atom stereocenters. The van der Waals surface area contributed by atoms with Crippen molar-refractivity contribution < 1.29 is 0 Å². The first-order chi connectivity index (χ1) is 9.13. The van der Waals surface area contributed by atoms with Gasteiger partial charge in [-0.15, -0.1) is 0 Å². The van der Waals surface area contributed by atoms with Crippen LogP contribution in [0.1, 0.15) is 44.6 Å². The van der Waals surface area contributed by atoms with E-state index in [-0.39, 0.29) is 0 Å². The van der Waals surface area contributed by atoms with Gasteiger partial charge in [-0.3, -0.25) is 0 Å². The molecule has 1 fully saturated rings. The van der Waals surface area contributed by atoms with E-state index >= 15 is 0 Å². The Kier molecular flexibility index (Phi) is 5.16. The van der Waals surface area contributed by atoms with E-state index in [4.69, 9.17) is 23.2 Å². The van der Waals surface area contributed by atoms with Gasteiger partial charge >= 0.3 is 0 Å². The van der Waals surface area contributed by atoms with E-state index in [0.29, 0.717) is 21.5 Å². The van der Waals surface area contributed by atoms with Crippen LogP contribution in [0, 0.1) is 5.41 Å². The average Bonchev–Trinajstić information content (AvgIpc) is 2.90. The summed E-state index contributed by atoms with van der Waals surface area (Å²) < 4.78 is 0. The van der Waals surface area contributed by atoms with Crippen LogP contribution in [0.4, 0.5) is 0 Å². The van der Waals surface area contributed by atoms with Crippen molar-refractivity contribution in [2.24, 2.45) is 5.41 Å². The number of halogens is 2. The first-order valence-corrected chi connectivity index (χ1v) is 7.98. The molecule has 0 amide bonds. The molecular weight excluding hydrogens is 277 g/mol. The molecular formula is C16H23Cl2N. The minimum atomic E-state index is 0.431. The van der Waals surface area contributed by atoms with Gasteiger partial charge in [0.2, 0.25) is 0 Å². The first kappa shape index (κ1) is 15.2. The quantitative estimate of drug-likeness (QED) is 0.798. The third kappa shape index (κ3) is 3.09. The molecule has 0 saturated heterocycles. The monoisotopic (exact) mass is 299 g/mol. The molecule has 0 spiro atoms. The molecule has 106 valence electrons. The molecule has 0 bridgehead atoms. The van der Waals surface area contributed by atoms with Gasteiger partial charge in [-0.25, -0.2) is 0 Å². The summed E-state index contributed by atoms with van der Waals surface area (Å²) in [4.78, 5) is 0. The van der Waals surface area contributed by atoms with Gasteiger partial charge in [-0.05, 0) is 49.8 Å². The summed E-state index contributed by atoms with van der Waals surface area (Å²) in [6, 6.07) is 6.42. The largest absolute Gasteiger partial charge is 0.316 e. The zero-order chi connectivity index (χ0) is 13.9. The van der Waals surface area contributed by atoms with Gasteiger partial charge in [-0.2, -0.15) is 0 Å². The van der Waals surface area contributed by atoms with Crippen molar-refractivity contribution in [3.8, 4) is 0 Å². The van der Waals surface area contributed by atoms with Crippen LogP contribution >= 0.6 is 23.2 Å². The summed E-state index contributed by atoms with van der Waals surface area (Å²) in [5, 5.41) is 4.90. The standard InChI is InChI=1S/C16H23Cl2N/c1-3-16(9-4-5-10-16)14(19-2)11-12-7-6-8-13(17)15(12)18/h6-8,14,19H,3-5,9-11H2,1-2H3. The fourth-order valence-electron chi connectivity index (χ4n) is 3.58. The number of nitrogens with one attached hydrogen (secondary N) is 1. The second-order valence-electron chi connectivity index (χ2n) is 5.68. The van der Waals surface area contributed by atoms with Crippen LogP contribution in [0.15, 0.2) is 18.2 Å². The average molecular weight is 300 g/mol. The smallest absolute Gasteiger partial charge is 0.0624 e. The van der Waals surface area contributed by atoms with E-state index in [9.17, 15) is 0 Å². The van der Waals surface area contributed by atoms with Crippen molar-refractivity contribution in [3.63, 3.8) is 0 Å². The number of likely N-dealkylation sites (N-methyl/N-ethyl adjacent to an activating group) is 1. The highest BCUT2D eigenvalue weighted by molar-refractivity contribution is 6.42. The van der Waals surface area contributed by atoms with Crippen molar-refractivity contribution in [3.05, 3.63) is 33.8 Å². The molecule has 1 aliphatic carbocycles. The van der Waals surface area contributed by atoms with Gasteiger partial charge in [0, 0.05) is 6.04 Å². The van der Waals surface area contributed by atoms with E-state index in [1.54, 1.807) is 0 Å². The molecule has 1 aromatic carbocycles. The molecule has 1 saturated carbocycles. The molecule has 0 radical (unpaired) electrons. The predicted molar refractivity (Wildman–Crippen MR) is 84.2 cm³/mol. The van der Waals surface area contributed by atoms with E-state index in [2.05, 4.69) is 25.4 Å².